The van der Waals surface area contributed by atoms with Crippen molar-refractivity contribution in [2.24, 2.45) is 16.5 Å². The fourth-order valence-corrected chi connectivity index (χ4v) is 1.12. The Morgan fingerprint density at radius 1 is 1.39 bits per heavy atom. The predicted molar refractivity (Wildman–Crippen MR) is 65.2 cm³/mol. The average Bonchev–Trinajstić information content (AvgIpc) is 2.31. The molecule has 18 heavy (non-hydrogen) atoms. The zero-order valence-corrected chi connectivity index (χ0v) is 10.8. The van der Waals surface area contributed by atoms with Crippen LogP contribution in [0.1, 0.15) is 26.7 Å². The summed E-state index contributed by atoms with van der Waals surface area (Å²) in [5.41, 5.74) is 9.46. The molecule has 0 aliphatic heterocycles. The van der Waals surface area contributed by atoms with Crippen molar-refractivity contribution in [2.75, 3.05) is 13.7 Å². The fourth-order valence-electron chi connectivity index (χ4n) is 1.12. The van der Waals surface area contributed by atoms with Crippen molar-refractivity contribution in [1.29, 1.82) is 0 Å². The van der Waals surface area contributed by atoms with E-state index in [0.717, 1.165) is 0 Å². The monoisotopic (exact) mass is 263 g/mol. The average molecular weight is 263 g/mol. The second-order valence-corrected chi connectivity index (χ2v) is 4.18. The Labute approximate surface area is 105 Å². The van der Waals surface area contributed by atoms with Gasteiger partial charge in [-0.2, -0.15) is 0 Å². The molecule has 0 heterocycles. The SMILES string of the molecule is COC(=O)[C@](C)(N)CCC(F)=C(F)CN=C(C)N. The van der Waals surface area contributed by atoms with Crippen molar-refractivity contribution in [2.45, 2.75) is 32.2 Å². The number of halogens is 2. The lowest BCUT2D eigenvalue weighted by molar-refractivity contribution is -0.146. The standard InChI is InChI=1S/C11H19F2N3O2/c1-7(14)16-6-9(13)8(12)4-5-11(2,15)10(17)18-3/h4-6,15H2,1-3H3,(H2,14,16)/t11-/m1/s1. The third-order valence-corrected chi connectivity index (χ3v) is 2.28. The van der Waals surface area contributed by atoms with Crippen molar-refractivity contribution in [3.63, 3.8) is 0 Å². The van der Waals surface area contributed by atoms with Gasteiger partial charge in [0, 0.05) is 6.42 Å². The van der Waals surface area contributed by atoms with Gasteiger partial charge in [-0.05, 0) is 20.3 Å². The smallest absolute Gasteiger partial charge is 0.325 e. The molecule has 0 spiro atoms. The van der Waals surface area contributed by atoms with Gasteiger partial charge in [0.1, 0.15) is 11.4 Å². The van der Waals surface area contributed by atoms with Gasteiger partial charge in [0.15, 0.2) is 5.83 Å². The van der Waals surface area contributed by atoms with E-state index in [1.165, 1.54) is 21.0 Å². The largest absolute Gasteiger partial charge is 0.468 e. The van der Waals surface area contributed by atoms with E-state index >= 15 is 0 Å². The van der Waals surface area contributed by atoms with Crippen LogP contribution in [0.4, 0.5) is 8.78 Å². The van der Waals surface area contributed by atoms with Gasteiger partial charge in [-0.3, -0.25) is 9.79 Å². The Balaban J connectivity index is 4.49. The molecule has 0 radical (unpaired) electrons. The molecular formula is C11H19F2N3O2. The predicted octanol–water partition coefficient (Wildman–Crippen LogP) is 1.18. The highest BCUT2D eigenvalue weighted by Gasteiger charge is 2.29. The van der Waals surface area contributed by atoms with Crippen molar-refractivity contribution < 1.29 is 18.3 Å². The van der Waals surface area contributed by atoms with E-state index in [2.05, 4.69) is 9.73 Å². The minimum atomic E-state index is -1.35. The normalized spacial score (nSPS) is 16.9. The van der Waals surface area contributed by atoms with E-state index in [0.29, 0.717) is 0 Å². The Kier molecular flexibility index (Phi) is 6.46. The lowest BCUT2D eigenvalue weighted by Gasteiger charge is -2.20. The number of esters is 1. The summed E-state index contributed by atoms with van der Waals surface area (Å²) in [6.07, 6.45) is -0.364. The Morgan fingerprint density at radius 2 is 1.94 bits per heavy atom. The first kappa shape index (κ1) is 16.5. The lowest BCUT2D eigenvalue weighted by atomic mass is 9.97. The van der Waals surface area contributed by atoms with E-state index in [9.17, 15) is 13.6 Å². The van der Waals surface area contributed by atoms with Gasteiger partial charge in [-0.25, -0.2) is 8.78 Å². The van der Waals surface area contributed by atoms with Crippen LogP contribution in [0, 0.1) is 0 Å². The molecule has 0 amide bonds. The van der Waals surface area contributed by atoms with Crippen LogP contribution in [0.15, 0.2) is 16.6 Å². The van der Waals surface area contributed by atoms with Crippen LogP contribution < -0.4 is 11.5 Å². The third-order valence-electron chi connectivity index (χ3n) is 2.28. The van der Waals surface area contributed by atoms with Crippen LogP contribution in [0.5, 0.6) is 0 Å². The van der Waals surface area contributed by atoms with E-state index < -0.39 is 29.7 Å². The summed E-state index contributed by atoms with van der Waals surface area (Å²) in [6.45, 7) is 2.42. The maximum absolute atomic E-state index is 13.3. The zero-order valence-electron chi connectivity index (χ0n) is 10.8. The van der Waals surface area contributed by atoms with E-state index in [1.807, 2.05) is 0 Å². The molecule has 0 bridgehead atoms. The molecule has 5 nitrogen and oxygen atoms in total. The first-order valence-electron chi connectivity index (χ1n) is 5.37. The van der Waals surface area contributed by atoms with Crippen molar-refractivity contribution in [3.05, 3.63) is 11.7 Å². The number of carbonyl (C=O) groups is 1. The molecule has 0 rings (SSSR count). The minimum absolute atomic E-state index is 0.0652. The number of allylic oxidation sites excluding steroid dienone is 1. The molecule has 104 valence electrons. The molecule has 0 aliphatic carbocycles. The van der Waals surface area contributed by atoms with Gasteiger partial charge in [0.2, 0.25) is 0 Å². The van der Waals surface area contributed by atoms with Crippen LogP contribution in [-0.2, 0) is 9.53 Å². The number of aliphatic imine (C=N–C) groups is 1. The maximum atomic E-state index is 13.3. The van der Waals surface area contributed by atoms with Gasteiger partial charge in [0.05, 0.1) is 19.5 Å². The summed E-state index contributed by atoms with van der Waals surface area (Å²) >= 11 is 0. The molecular weight excluding hydrogens is 244 g/mol. The molecule has 1 atom stereocenters. The number of ether oxygens (including phenoxy) is 1. The molecule has 0 unspecified atom stereocenters. The third kappa shape index (κ3) is 5.72. The lowest BCUT2D eigenvalue weighted by Crippen LogP contribution is -2.45. The zero-order chi connectivity index (χ0) is 14.3. The summed E-state index contributed by atoms with van der Waals surface area (Å²) in [6, 6.07) is 0. The summed E-state index contributed by atoms with van der Waals surface area (Å²) < 4.78 is 31.0. The number of hydrogen-bond acceptors (Lipinski definition) is 4. The quantitative estimate of drug-likeness (QED) is 0.428. The summed E-state index contributed by atoms with van der Waals surface area (Å²) in [4.78, 5) is 14.8. The molecule has 0 aromatic carbocycles. The number of methoxy groups -OCH3 is 1. The molecule has 0 saturated carbocycles. The molecule has 7 heteroatoms. The molecule has 4 N–H and O–H groups in total. The van der Waals surface area contributed by atoms with Gasteiger partial charge >= 0.3 is 5.97 Å². The van der Waals surface area contributed by atoms with Crippen LogP contribution in [0.3, 0.4) is 0 Å². The molecule has 0 aliphatic rings. The highest BCUT2D eigenvalue weighted by molar-refractivity contribution is 5.79. The van der Waals surface area contributed by atoms with Gasteiger partial charge in [-0.1, -0.05) is 0 Å². The number of nitrogens with zero attached hydrogens (tertiary/aromatic N) is 1. The second kappa shape index (κ2) is 7.05. The molecule has 0 saturated heterocycles. The topological polar surface area (TPSA) is 90.7 Å². The van der Waals surface area contributed by atoms with Crippen LogP contribution in [0.25, 0.3) is 0 Å². The van der Waals surface area contributed by atoms with Crippen LogP contribution in [0.2, 0.25) is 0 Å². The maximum Gasteiger partial charge on any atom is 0.325 e. The fraction of sp³-hybridized carbons (Fsp3) is 0.636. The summed E-state index contributed by atoms with van der Waals surface area (Å²) in [5.74, 6) is -2.51. The van der Waals surface area contributed by atoms with Gasteiger partial charge in [-0.15, -0.1) is 0 Å². The van der Waals surface area contributed by atoms with Gasteiger partial charge < -0.3 is 16.2 Å². The van der Waals surface area contributed by atoms with Crippen LogP contribution in [-0.4, -0.2) is 31.0 Å². The molecule has 0 aromatic heterocycles. The Hall–Kier alpha value is -1.50. The van der Waals surface area contributed by atoms with Crippen molar-refractivity contribution >= 4 is 11.8 Å². The second-order valence-electron chi connectivity index (χ2n) is 4.18. The van der Waals surface area contributed by atoms with Crippen molar-refractivity contribution in [3.8, 4) is 0 Å². The first-order chi connectivity index (χ1) is 8.20. The van der Waals surface area contributed by atoms with E-state index in [1.54, 1.807) is 0 Å². The number of hydrogen-bond donors (Lipinski definition) is 2. The van der Waals surface area contributed by atoms with Gasteiger partial charge in [0.25, 0.3) is 0 Å². The highest BCUT2D eigenvalue weighted by atomic mass is 19.2. The number of rotatable bonds is 6. The Morgan fingerprint density at radius 3 is 2.39 bits per heavy atom. The van der Waals surface area contributed by atoms with E-state index in [4.69, 9.17) is 11.5 Å². The molecule has 0 aromatic rings. The van der Waals surface area contributed by atoms with Crippen molar-refractivity contribution in [1.82, 2.24) is 0 Å². The highest BCUT2D eigenvalue weighted by Crippen LogP contribution is 2.20. The minimum Gasteiger partial charge on any atom is -0.468 e. The van der Waals surface area contributed by atoms with E-state index in [-0.39, 0.29) is 18.7 Å². The summed E-state index contributed by atoms with van der Waals surface area (Å²) in [5, 5.41) is 0. The number of carbonyl (C=O) groups excluding carboxylic acids is 1. The van der Waals surface area contributed by atoms with Crippen LogP contribution >= 0.6 is 0 Å². The summed E-state index contributed by atoms with van der Waals surface area (Å²) in [7, 11) is 1.18. The first-order valence-corrected chi connectivity index (χ1v) is 5.37. The number of nitrogens with two attached hydrogens (primary N) is 2. The number of amidine groups is 1. The Bertz CT molecular complexity index is 361. The molecule has 0 fully saturated rings.